The first-order chi connectivity index (χ1) is 16.6. The van der Waals surface area contributed by atoms with E-state index in [-0.39, 0.29) is 5.75 Å². The van der Waals surface area contributed by atoms with Crippen LogP contribution < -0.4 is 33.7 Å². The first-order valence-electron chi connectivity index (χ1n) is 10.1. The molecule has 5 aromatic rings. The van der Waals surface area contributed by atoms with E-state index in [0.717, 1.165) is 37.4 Å². The number of methoxy groups -OCH3 is 1. The first-order valence-corrected chi connectivity index (χ1v) is 12.1. The minimum atomic E-state index is -4.94. The number of benzene rings is 3. The van der Waals surface area contributed by atoms with Gasteiger partial charge in [-0.15, -0.1) is 10.2 Å². The number of hydrogen-bond donors (Lipinski definition) is 1. The van der Waals surface area contributed by atoms with Crippen LogP contribution in [0, 0.1) is 17.2 Å². The fourth-order valence-electron chi connectivity index (χ4n) is 3.43. The zero-order valence-electron chi connectivity index (χ0n) is 18.5. The number of ether oxygens (including phenoxy) is 1. The molecular formula is C24H19ClN2O7S. The van der Waals surface area contributed by atoms with Crippen LogP contribution in [0.15, 0.2) is 76.1 Å². The largest absolute Gasteiger partial charge is 0.508 e. The first kappa shape index (κ1) is 24.6. The Morgan fingerprint density at radius 1 is 1.00 bits per heavy atom. The second kappa shape index (κ2) is 10.0. The number of aryl methyl sites for hydroxylation is 1. The van der Waals surface area contributed by atoms with Crippen LogP contribution in [-0.2, 0) is 0 Å². The molecule has 180 valence electrons. The molecular weight excluding hydrogens is 496 g/mol. The van der Waals surface area contributed by atoms with E-state index < -0.39 is 10.2 Å². The summed E-state index contributed by atoms with van der Waals surface area (Å²) in [5, 5.41) is 12.3. The van der Waals surface area contributed by atoms with Crippen LogP contribution in [0.25, 0.3) is 32.5 Å². The van der Waals surface area contributed by atoms with Gasteiger partial charge in [0.2, 0.25) is 0 Å². The Hall–Kier alpha value is -3.51. The number of para-hydroxylation sites is 1. The van der Waals surface area contributed by atoms with Crippen molar-refractivity contribution in [1.29, 1.82) is 0 Å². The minimum Gasteiger partial charge on any atom is -0.508 e. The minimum absolute atomic E-state index is 0.169. The molecule has 0 radical (unpaired) electrons. The van der Waals surface area contributed by atoms with Gasteiger partial charge in [-0.05, 0) is 77.3 Å². The fourth-order valence-corrected chi connectivity index (χ4v) is 4.40. The molecule has 35 heavy (non-hydrogen) atoms. The van der Waals surface area contributed by atoms with Gasteiger partial charge in [0.05, 0.1) is 17.2 Å². The number of aromatic nitrogens is 1. The van der Waals surface area contributed by atoms with Crippen molar-refractivity contribution in [2.24, 2.45) is 4.99 Å². The maximum absolute atomic E-state index is 10.0. The average Bonchev–Trinajstić information content (AvgIpc) is 3.22. The second-order valence-corrected chi connectivity index (χ2v) is 9.16. The molecule has 0 saturated heterocycles. The molecule has 0 bridgehead atoms. The lowest BCUT2D eigenvalue weighted by molar-refractivity contribution is -2.00. The molecule has 11 heteroatoms. The molecule has 0 unspecified atom stereocenters. The van der Waals surface area contributed by atoms with Crippen molar-refractivity contribution >= 4 is 37.7 Å². The van der Waals surface area contributed by atoms with Crippen molar-refractivity contribution in [3.8, 4) is 22.8 Å². The number of rotatable bonds is 3. The number of phenolic OH excluding ortho intramolecular Hbond substituents is 1. The van der Waals surface area contributed by atoms with Crippen molar-refractivity contribution in [2.75, 3.05) is 7.11 Å². The summed E-state index contributed by atoms with van der Waals surface area (Å²) in [6, 6.07) is 20.8. The van der Waals surface area contributed by atoms with Crippen molar-refractivity contribution in [2.45, 2.75) is 6.92 Å². The van der Waals surface area contributed by atoms with E-state index in [9.17, 15) is 5.11 Å². The number of phenols is 1. The van der Waals surface area contributed by atoms with Crippen LogP contribution in [0.3, 0.4) is 0 Å². The summed E-state index contributed by atoms with van der Waals surface area (Å²) in [5.74, 6) is 1.64. The van der Waals surface area contributed by atoms with Crippen molar-refractivity contribution in [3.63, 3.8) is 0 Å². The molecule has 2 N–H and O–H groups in total. The van der Waals surface area contributed by atoms with Crippen LogP contribution in [0.1, 0.15) is 5.56 Å². The summed E-state index contributed by atoms with van der Waals surface area (Å²) < 4.78 is 46.5. The van der Waals surface area contributed by atoms with Crippen LogP contribution in [0.4, 0.5) is 5.13 Å². The monoisotopic (exact) mass is 514 g/mol. The van der Waals surface area contributed by atoms with Crippen LogP contribution in [0.2, 0.25) is 0 Å². The molecule has 2 heterocycles. The molecule has 0 fully saturated rings. The molecule has 0 spiro atoms. The number of aromatic amines is 1. The lowest BCUT2D eigenvalue weighted by Crippen LogP contribution is -2.68. The van der Waals surface area contributed by atoms with Crippen LogP contribution >= 0.6 is 11.3 Å². The molecule has 0 atom stereocenters. The normalized spacial score (nSPS) is 12.0. The molecule has 0 amide bonds. The third kappa shape index (κ3) is 6.14. The Kier molecular flexibility index (Phi) is 7.03. The van der Waals surface area contributed by atoms with Crippen molar-refractivity contribution < 1.29 is 48.1 Å². The average molecular weight is 515 g/mol. The highest BCUT2D eigenvalue weighted by Gasteiger charge is 2.14. The zero-order valence-corrected chi connectivity index (χ0v) is 20.1. The summed E-state index contributed by atoms with van der Waals surface area (Å²) in [6.07, 6.45) is 0. The van der Waals surface area contributed by atoms with Gasteiger partial charge in [-0.2, -0.15) is 0 Å². The Balaban J connectivity index is 0.000000527. The molecule has 5 rings (SSSR count). The molecule has 2 aromatic heterocycles. The van der Waals surface area contributed by atoms with Gasteiger partial charge in [0, 0.05) is 11.6 Å². The van der Waals surface area contributed by atoms with E-state index in [1.165, 1.54) is 5.56 Å². The van der Waals surface area contributed by atoms with Gasteiger partial charge in [-0.3, -0.25) is 0 Å². The number of fused-ring (bicyclic) bond motifs is 2. The molecule has 0 saturated carbocycles. The van der Waals surface area contributed by atoms with Crippen molar-refractivity contribution in [1.82, 2.24) is 0 Å². The molecule has 0 aliphatic rings. The van der Waals surface area contributed by atoms with Gasteiger partial charge < -0.3 is 14.3 Å². The molecule has 0 aliphatic carbocycles. The number of halogens is 1. The zero-order chi connectivity index (χ0) is 25.2. The van der Waals surface area contributed by atoms with E-state index in [1.54, 1.807) is 36.6 Å². The van der Waals surface area contributed by atoms with Gasteiger partial charge in [-0.25, -0.2) is 23.6 Å². The smallest absolute Gasteiger partial charge is 0.381 e. The number of thiazole rings is 1. The van der Waals surface area contributed by atoms with E-state index in [1.807, 2.05) is 36.4 Å². The van der Waals surface area contributed by atoms with Crippen LogP contribution in [0.5, 0.6) is 11.5 Å². The topological polar surface area (TPSA) is 161 Å². The highest BCUT2D eigenvalue weighted by molar-refractivity contribution is 7.21. The summed E-state index contributed by atoms with van der Waals surface area (Å²) in [7, 11) is -3.30. The van der Waals surface area contributed by atoms with Gasteiger partial charge in [0.25, 0.3) is 0 Å². The summed E-state index contributed by atoms with van der Waals surface area (Å²) in [5.41, 5.74) is 3.83. The Morgan fingerprint density at radius 2 is 1.71 bits per heavy atom. The highest BCUT2D eigenvalue weighted by atomic mass is 35.7. The van der Waals surface area contributed by atoms with Gasteiger partial charge in [0.15, 0.2) is 5.36 Å². The second-order valence-electron chi connectivity index (χ2n) is 7.37. The van der Waals surface area contributed by atoms with Gasteiger partial charge >= 0.3 is 5.13 Å². The Bertz CT molecular complexity index is 1550. The van der Waals surface area contributed by atoms with E-state index in [2.05, 4.69) is 24.0 Å². The summed E-state index contributed by atoms with van der Waals surface area (Å²) in [6.45, 7) is 2.08. The van der Waals surface area contributed by atoms with Crippen molar-refractivity contribution in [3.05, 3.63) is 77.7 Å². The van der Waals surface area contributed by atoms with Gasteiger partial charge in [0.1, 0.15) is 28.4 Å². The quantitative estimate of drug-likeness (QED) is 0.369. The molecule has 3 aromatic carbocycles. The number of nitrogens with zero attached hydrogens (tertiary/aromatic N) is 1. The highest BCUT2D eigenvalue weighted by Crippen LogP contribution is 2.28. The van der Waals surface area contributed by atoms with E-state index >= 15 is 0 Å². The lowest BCUT2D eigenvalue weighted by atomic mass is 10.1. The summed E-state index contributed by atoms with van der Waals surface area (Å²) >= 11 is 1.59. The van der Waals surface area contributed by atoms with Gasteiger partial charge in [-0.1, -0.05) is 12.1 Å². The fraction of sp³-hybridized carbons (Fsp3) is 0.0833. The standard InChI is InChI=1S/C24H18N2O3S.ClHO4/c1-14-4-3-5-22-23(14)26-24(30-22)25-19-13-21(15-6-9-17(28-2)10-7-15)29-20-11-8-16(27)12-18(19)20;2-1(3,4)5/h3-13,27H,1-2H3;(H,2,3,4,5)/b25-19+;. The number of H-pyrrole nitrogens is 1. The third-order valence-corrected chi connectivity index (χ3v) is 5.94. The predicted molar refractivity (Wildman–Crippen MR) is 118 cm³/mol. The number of hydrogen-bond acceptors (Lipinski definition) is 9. The third-order valence-electron chi connectivity index (χ3n) is 5.00. The Labute approximate surface area is 205 Å². The predicted octanol–water partition coefficient (Wildman–Crippen LogP) is 0.628. The summed E-state index contributed by atoms with van der Waals surface area (Å²) in [4.78, 5) is 8.28. The maximum Gasteiger partial charge on any atom is 0.381 e. The lowest BCUT2D eigenvalue weighted by Gasteiger charge is -2.17. The number of nitrogens with one attached hydrogen (secondary N) is 1. The van der Waals surface area contributed by atoms with Crippen LogP contribution in [-0.4, -0.2) is 12.2 Å². The SMILES string of the molecule is COc1ccc(-c2c/c(=N\c3[nH+]c4c(C)cccc4s3)c3cc(O)ccc3o2)cc1.[O-][Cl+3]([O-])([O-])[O-]. The van der Waals surface area contributed by atoms with E-state index in [0.29, 0.717) is 11.3 Å². The van der Waals surface area contributed by atoms with E-state index in [4.69, 9.17) is 32.8 Å². The maximum atomic E-state index is 10.0. The number of aromatic hydroxyl groups is 1. The molecule has 9 nitrogen and oxygen atoms in total. The molecule has 0 aliphatic heterocycles. The Morgan fingerprint density at radius 3 is 2.37 bits per heavy atom.